The molecule has 3 rings (SSSR count). The van der Waals surface area contributed by atoms with Gasteiger partial charge in [-0.05, 0) is 60.4 Å². The zero-order chi connectivity index (χ0) is 20.6. The predicted molar refractivity (Wildman–Crippen MR) is 115 cm³/mol. The van der Waals surface area contributed by atoms with E-state index in [-0.39, 0.29) is 11.7 Å². The molecule has 1 aliphatic carbocycles. The van der Waals surface area contributed by atoms with E-state index in [2.05, 4.69) is 17.2 Å². The van der Waals surface area contributed by atoms with Crippen LogP contribution in [0.4, 0.5) is 20.6 Å². The van der Waals surface area contributed by atoms with Gasteiger partial charge in [0.15, 0.2) is 0 Å². The van der Waals surface area contributed by atoms with Crippen LogP contribution in [0.15, 0.2) is 79.4 Å². The van der Waals surface area contributed by atoms with Crippen molar-refractivity contribution in [2.75, 3.05) is 10.6 Å². The minimum Gasteiger partial charge on any atom is -0.308 e. The lowest BCUT2D eigenvalue weighted by Gasteiger charge is -2.09. The van der Waals surface area contributed by atoms with Gasteiger partial charge >= 0.3 is 6.03 Å². The fraction of sp³-hybridized carbons (Fsp3) is 0.167. The Morgan fingerprint density at radius 3 is 2.14 bits per heavy atom. The lowest BCUT2D eigenvalue weighted by atomic mass is 10.0. The molecule has 2 aromatic rings. The molecule has 0 aromatic heterocycles. The van der Waals surface area contributed by atoms with Crippen LogP contribution >= 0.6 is 0 Å². The molecule has 1 fully saturated rings. The van der Waals surface area contributed by atoms with Gasteiger partial charge in [0.2, 0.25) is 0 Å². The van der Waals surface area contributed by atoms with Crippen molar-refractivity contribution in [3.05, 3.63) is 90.8 Å². The number of amides is 2. The summed E-state index contributed by atoms with van der Waals surface area (Å²) in [4.78, 5) is 23.9. The average Bonchev–Trinajstić information content (AvgIpc) is 3.55. The zero-order valence-electron chi connectivity index (χ0n) is 16.0. The largest absolute Gasteiger partial charge is 0.323 e. The molecule has 0 saturated heterocycles. The first-order chi connectivity index (χ1) is 14.0. The SMILES string of the molecule is C=C/C=C(\C=C/CC(=O)C1CC1)c1ccc(NC(=O)Nc2ccc(F)cc2)cc1. The predicted octanol–water partition coefficient (Wildman–Crippen LogP) is 5.96. The van der Waals surface area contributed by atoms with Gasteiger partial charge in [-0.25, -0.2) is 9.18 Å². The summed E-state index contributed by atoms with van der Waals surface area (Å²) in [6.07, 6.45) is 9.87. The molecule has 0 heterocycles. The summed E-state index contributed by atoms with van der Waals surface area (Å²) in [6.45, 7) is 3.74. The van der Waals surface area contributed by atoms with Crippen LogP contribution in [-0.2, 0) is 4.79 Å². The first-order valence-electron chi connectivity index (χ1n) is 9.51. The molecule has 5 heteroatoms. The molecular weight excluding hydrogens is 367 g/mol. The number of carbonyl (C=O) groups excluding carboxylic acids is 2. The van der Waals surface area contributed by atoms with Crippen molar-refractivity contribution in [3.63, 3.8) is 0 Å². The number of allylic oxidation sites excluding steroid dienone is 5. The molecule has 29 heavy (non-hydrogen) atoms. The van der Waals surface area contributed by atoms with Crippen LogP contribution in [-0.4, -0.2) is 11.8 Å². The molecule has 0 unspecified atom stereocenters. The van der Waals surface area contributed by atoms with Crippen LogP contribution in [0.1, 0.15) is 24.8 Å². The third-order valence-electron chi connectivity index (χ3n) is 4.52. The number of hydrogen-bond donors (Lipinski definition) is 2. The topological polar surface area (TPSA) is 58.2 Å². The Kier molecular flexibility index (Phi) is 6.74. The van der Waals surface area contributed by atoms with E-state index in [0.29, 0.717) is 23.6 Å². The number of halogens is 1. The van der Waals surface area contributed by atoms with Gasteiger partial charge in [-0.15, -0.1) is 0 Å². The number of urea groups is 1. The number of ketones is 1. The Hall–Kier alpha value is -3.47. The average molecular weight is 390 g/mol. The highest BCUT2D eigenvalue weighted by Crippen LogP contribution is 2.31. The maximum Gasteiger partial charge on any atom is 0.323 e. The van der Waals surface area contributed by atoms with Crippen LogP contribution in [0.5, 0.6) is 0 Å². The van der Waals surface area contributed by atoms with Gasteiger partial charge in [0.1, 0.15) is 11.6 Å². The maximum absolute atomic E-state index is 12.9. The Morgan fingerprint density at radius 1 is 1.00 bits per heavy atom. The monoisotopic (exact) mass is 390 g/mol. The van der Waals surface area contributed by atoms with Gasteiger partial charge < -0.3 is 10.6 Å². The Bertz CT molecular complexity index is 940. The summed E-state index contributed by atoms with van der Waals surface area (Å²) in [5, 5.41) is 5.38. The smallest absolute Gasteiger partial charge is 0.308 e. The van der Waals surface area contributed by atoms with Crippen molar-refractivity contribution in [1.29, 1.82) is 0 Å². The number of hydrogen-bond acceptors (Lipinski definition) is 2. The molecule has 2 aromatic carbocycles. The third kappa shape index (κ3) is 6.28. The number of nitrogens with one attached hydrogen (secondary N) is 2. The van der Waals surface area contributed by atoms with Crippen molar-refractivity contribution < 1.29 is 14.0 Å². The van der Waals surface area contributed by atoms with Crippen LogP contribution in [0, 0.1) is 11.7 Å². The van der Waals surface area contributed by atoms with Gasteiger partial charge in [-0.3, -0.25) is 4.79 Å². The van der Waals surface area contributed by atoms with Crippen LogP contribution in [0.3, 0.4) is 0 Å². The molecule has 4 nitrogen and oxygen atoms in total. The van der Waals surface area contributed by atoms with Gasteiger partial charge in [0.25, 0.3) is 0 Å². The highest BCUT2D eigenvalue weighted by Gasteiger charge is 2.27. The minimum absolute atomic E-state index is 0.262. The Labute approximate surface area is 169 Å². The second-order valence-electron chi connectivity index (χ2n) is 6.87. The lowest BCUT2D eigenvalue weighted by Crippen LogP contribution is -2.19. The summed E-state index contributed by atoms with van der Waals surface area (Å²) in [6, 6.07) is 12.5. The molecule has 1 saturated carbocycles. The first-order valence-corrected chi connectivity index (χ1v) is 9.51. The third-order valence-corrected chi connectivity index (χ3v) is 4.52. The molecule has 0 radical (unpaired) electrons. The number of carbonyl (C=O) groups is 2. The van der Waals surface area contributed by atoms with E-state index in [1.165, 1.54) is 24.3 Å². The Balaban J connectivity index is 1.59. The summed E-state index contributed by atoms with van der Waals surface area (Å²) in [7, 11) is 0. The number of Topliss-reactive ketones (excluding diaryl/α,β-unsaturated/α-hetero) is 1. The normalized spacial score (nSPS) is 13.9. The summed E-state index contributed by atoms with van der Waals surface area (Å²) >= 11 is 0. The fourth-order valence-electron chi connectivity index (χ4n) is 2.82. The summed E-state index contributed by atoms with van der Waals surface area (Å²) in [5.41, 5.74) is 3.01. The van der Waals surface area contributed by atoms with E-state index >= 15 is 0 Å². The second kappa shape index (κ2) is 9.64. The van der Waals surface area contributed by atoms with E-state index < -0.39 is 6.03 Å². The molecule has 0 atom stereocenters. The Morgan fingerprint density at radius 2 is 1.59 bits per heavy atom. The molecule has 2 N–H and O–H groups in total. The van der Waals surface area contributed by atoms with Crippen LogP contribution in [0.2, 0.25) is 0 Å². The molecule has 1 aliphatic rings. The molecule has 0 spiro atoms. The van der Waals surface area contributed by atoms with Gasteiger partial charge in [0, 0.05) is 23.7 Å². The van der Waals surface area contributed by atoms with E-state index in [0.717, 1.165) is 24.0 Å². The first kappa shape index (κ1) is 20.3. The number of benzene rings is 2. The van der Waals surface area contributed by atoms with Crippen molar-refractivity contribution >= 4 is 28.8 Å². The zero-order valence-corrected chi connectivity index (χ0v) is 16.0. The van der Waals surface area contributed by atoms with Crippen LogP contribution < -0.4 is 10.6 Å². The quantitative estimate of drug-likeness (QED) is 0.546. The molecule has 0 bridgehead atoms. The van der Waals surface area contributed by atoms with Crippen molar-refractivity contribution in [2.45, 2.75) is 19.3 Å². The minimum atomic E-state index is -0.412. The van der Waals surface area contributed by atoms with Gasteiger partial charge in [-0.1, -0.05) is 43.0 Å². The van der Waals surface area contributed by atoms with E-state index in [9.17, 15) is 14.0 Å². The number of anilines is 2. The fourth-order valence-corrected chi connectivity index (χ4v) is 2.82. The van der Waals surface area contributed by atoms with E-state index in [1.54, 1.807) is 18.2 Å². The number of rotatable bonds is 8. The molecule has 148 valence electrons. The highest BCUT2D eigenvalue weighted by molar-refractivity contribution is 5.99. The highest BCUT2D eigenvalue weighted by atomic mass is 19.1. The lowest BCUT2D eigenvalue weighted by molar-refractivity contribution is -0.119. The molecular formula is C24H23FN2O2. The summed E-state index contributed by atoms with van der Waals surface area (Å²) in [5.74, 6) is 0.199. The maximum atomic E-state index is 12.9. The molecule has 0 aliphatic heterocycles. The van der Waals surface area contributed by atoms with Gasteiger partial charge in [0.05, 0.1) is 0 Å². The van der Waals surface area contributed by atoms with E-state index in [1.807, 2.05) is 30.4 Å². The van der Waals surface area contributed by atoms with Gasteiger partial charge in [-0.2, -0.15) is 0 Å². The standard InChI is InChI=1S/C24H23FN2O2/c1-2-4-17(5-3-6-23(28)19-7-8-19)18-9-13-21(14-10-18)26-24(29)27-22-15-11-20(25)12-16-22/h2-5,9-16,19H,1,6-8H2,(H2,26,27,29)/b5-3-,17-4+. The van der Waals surface area contributed by atoms with E-state index in [4.69, 9.17) is 0 Å². The van der Waals surface area contributed by atoms with Crippen molar-refractivity contribution in [3.8, 4) is 0 Å². The molecule has 2 amide bonds. The summed E-state index contributed by atoms with van der Waals surface area (Å²) < 4.78 is 12.9. The van der Waals surface area contributed by atoms with Crippen LogP contribution in [0.25, 0.3) is 5.57 Å². The second-order valence-corrected chi connectivity index (χ2v) is 6.87. The van der Waals surface area contributed by atoms with Crippen molar-refractivity contribution in [1.82, 2.24) is 0 Å². The van der Waals surface area contributed by atoms with Crippen molar-refractivity contribution in [2.24, 2.45) is 5.92 Å².